The van der Waals surface area contributed by atoms with Gasteiger partial charge in [-0.25, -0.2) is 0 Å². The van der Waals surface area contributed by atoms with E-state index >= 15 is 0 Å². The summed E-state index contributed by atoms with van der Waals surface area (Å²) < 4.78 is 0. The molecule has 3 nitrogen and oxygen atoms in total. The lowest BCUT2D eigenvalue weighted by Crippen LogP contribution is -2.15. The van der Waals surface area contributed by atoms with E-state index in [0.29, 0.717) is 12.5 Å². The largest absolute Gasteiger partial charge is 0.310 e. The van der Waals surface area contributed by atoms with Crippen molar-refractivity contribution in [3.05, 3.63) is 41.6 Å². The van der Waals surface area contributed by atoms with Gasteiger partial charge in [0.2, 0.25) is 0 Å². The smallest absolute Gasteiger partial charge is 0.0747 e. The molecule has 18 heavy (non-hydrogen) atoms. The zero-order valence-corrected chi connectivity index (χ0v) is 10.2. The molecule has 1 aromatic carbocycles. The molecule has 0 saturated heterocycles. The topological polar surface area (TPSA) is 48.7 Å². The minimum atomic E-state index is 0.460. The van der Waals surface area contributed by atoms with Gasteiger partial charge >= 0.3 is 0 Å². The van der Waals surface area contributed by atoms with Gasteiger partial charge in [-0.3, -0.25) is 4.98 Å². The third-order valence-corrected chi connectivity index (χ3v) is 3.29. The number of fused-ring (bicyclic) bond motifs is 1. The van der Waals surface area contributed by atoms with Crippen molar-refractivity contribution in [2.24, 2.45) is 0 Å². The quantitative estimate of drug-likeness (QED) is 0.889. The number of hydrogen-bond acceptors (Lipinski definition) is 3. The molecule has 1 N–H and O–H groups in total. The monoisotopic (exact) mass is 237 g/mol. The molecule has 0 spiro atoms. The number of nitrogens with one attached hydrogen (secondary N) is 1. The Morgan fingerprint density at radius 2 is 2.28 bits per heavy atom. The van der Waals surface area contributed by atoms with Crippen LogP contribution in [0.15, 0.2) is 30.5 Å². The number of nitrogens with zero attached hydrogens (tertiary/aromatic N) is 2. The maximum Gasteiger partial charge on any atom is 0.0747 e. The summed E-state index contributed by atoms with van der Waals surface area (Å²) in [5.74, 6) is 0. The predicted octanol–water partition coefficient (Wildman–Crippen LogP) is 2.55. The zero-order valence-electron chi connectivity index (χ0n) is 10.2. The van der Waals surface area contributed by atoms with E-state index in [-0.39, 0.29) is 0 Å². The van der Waals surface area contributed by atoms with Crippen LogP contribution < -0.4 is 5.32 Å². The number of nitriles is 1. The minimum Gasteiger partial charge on any atom is -0.310 e. The van der Waals surface area contributed by atoms with Crippen molar-refractivity contribution in [2.45, 2.75) is 31.8 Å². The van der Waals surface area contributed by atoms with Gasteiger partial charge in [0.25, 0.3) is 0 Å². The standard InChI is InChI=1S/C15H15N3/c16-6-5-11-8-12-2-1-7-17-15(12)13(9-11)10-18-14-3-4-14/h1-2,7-9,14,18H,3-5,10H2. The third-order valence-electron chi connectivity index (χ3n) is 3.29. The Morgan fingerprint density at radius 1 is 1.39 bits per heavy atom. The fourth-order valence-corrected chi connectivity index (χ4v) is 2.21. The minimum absolute atomic E-state index is 0.460. The van der Waals surface area contributed by atoms with Crippen LogP contribution in [0.5, 0.6) is 0 Å². The normalized spacial score (nSPS) is 14.6. The molecule has 1 aliphatic carbocycles. The van der Waals surface area contributed by atoms with Gasteiger partial charge in [0.05, 0.1) is 18.0 Å². The molecule has 1 aliphatic rings. The molecular weight excluding hydrogens is 222 g/mol. The van der Waals surface area contributed by atoms with E-state index in [1.165, 1.54) is 18.4 Å². The van der Waals surface area contributed by atoms with Gasteiger partial charge in [0, 0.05) is 24.2 Å². The van der Waals surface area contributed by atoms with Gasteiger partial charge in [-0.1, -0.05) is 12.1 Å². The predicted molar refractivity (Wildman–Crippen MR) is 70.9 cm³/mol. The SMILES string of the molecule is N#CCc1cc(CNC2CC2)c2ncccc2c1. The summed E-state index contributed by atoms with van der Waals surface area (Å²) in [7, 11) is 0. The van der Waals surface area contributed by atoms with Crippen LogP contribution in [-0.2, 0) is 13.0 Å². The summed E-state index contributed by atoms with van der Waals surface area (Å²) in [6, 6.07) is 11.1. The molecule has 3 heteroatoms. The summed E-state index contributed by atoms with van der Waals surface area (Å²) in [5.41, 5.74) is 3.32. The highest BCUT2D eigenvalue weighted by atomic mass is 14.9. The second-order valence-corrected chi connectivity index (χ2v) is 4.82. The van der Waals surface area contributed by atoms with E-state index in [1.807, 2.05) is 12.3 Å². The molecule has 0 amide bonds. The van der Waals surface area contributed by atoms with Crippen LogP contribution in [0.25, 0.3) is 10.9 Å². The first-order chi connectivity index (χ1) is 8.86. The first-order valence-corrected chi connectivity index (χ1v) is 6.33. The Morgan fingerprint density at radius 3 is 3.06 bits per heavy atom. The van der Waals surface area contributed by atoms with Gasteiger partial charge in [-0.2, -0.15) is 5.26 Å². The third kappa shape index (κ3) is 2.34. The van der Waals surface area contributed by atoms with E-state index in [0.717, 1.165) is 23.0 Å². The van der Waals surface area contributed by atoms with Crippen LogP contribution in [0.2, 0.25) is 0 Å². The Kier molecular flexibility index (Phi) is 2.95. The van der Waals surface area contributed by atoms with Crippen molar-refractivity contribution in [1.82, 2.24) is 10.3 Å². The summed E-state index contributed by atoms with van der Waals surface area (Å²) in [4.78, 5) is 4.46. The molecule has 0 unspecified atom stereocenters. The molecule has 1 fully saturated rings. The second-order valence-electron chi connectivity index (χ2n) is 4.82. The van der Waals surface area contributed by atoms with Crippen molar-refractivity contribution >= 4 is 10.9 Å². The molecule has 1 heterocycles. The second kappa shape index (κ2) is 4.75. The van der Waals surface area contributed by atoms with Crippen molar-refractivity contribution < 1.29 is 0 Å². The number of benzene rings is 1. The van der Waals surface area contributed by atoms with E-state index in [9.17, 15) is 0 Å². The Labute approximate surface area is 106 Å². The Balaban J connectivity index is 1.99. The van der Waals surface area contributed by atoms with Gasteiger partial charge < -0.3 is 5.32 Å². The van der Waals surface area contributed by atoms with Crippen LogP contribution in [-0.4, -0.2) is 11.0 Å². The van der Waals surface area contributed by atoms with Crippen LogP contribution in [0.1, 0.15) is 24.0 Å². The van der Waals surface area contributed by atoms with Crippen molar-refractivity contribution in [2.75, 3.05) is 0 Å². The average Bonchev–Trinajstić information content (AvgIpc) is 3.20. The molecule has 0 atom stereocenters. The lowest BCUT2D eigenvalue weighted by molar-refractivity contribution is 0.689. The molecule has 3 rings (SSSR count). The fourth-order valence-electron chi connectivity index (χ4n) is 2.21. The molecule has 0 bridgehead atoms. The van der Waals surface area contributed by atoms with Gasteiger partial charge in [-0.05, 0) is 36.1 Å². The highest BCUT2D eigenvalue weighted by molar-refractivity contribution is 5.82. The summed E-state index contributed by atoms with van der Waals surface area (Å²) >= 11 is 0. The van der Waals surface area contributed by atoms with Gasteiger partial charge in [-0.15, -0.1) is 0 Å². The van der Waals surface area contributed by atoms with Crippen LogP contribution in [0, 0.1) is 11.3 Å². The lowest BCUT2D eigenvalue weighted by Gasteiger charge is -2.09. The van der Waals surface area contributed by atoms with E-state index < -0.39 is 0 Å². The van der Waals surface area contributed by atoms with Crippen LogP contribution >= 0.6 is 0 Å². The number of pyridine rings is 1. The van der Waals surface area contributed by atoms with E-state index in [2.05, 4.69) is 34.6 Å². The maximum absolute atomic E-state index is 8.83. The number of aromatic nitrogens is 1. The van der Waals surface area contributed by atoms with Gasteiger partial charge in [0.1, 0.15) is 0 Å². The van der Waals surface area contributed by atoms with Gasteiger partial charge in [0.15, 0.2) is 0 Å². The first kappa shape index (κ1) is 11.2. The molecular formula is C15H15N3. The lowest BCUT2D eigenvalue weighted by atomic mass is 10.0. The molecule has 90 valence electrons. The zero-order chi connectivity index (χ0) is 12.4. The molecule has 0 radical (unpaired) electrons. The average molecular weight is 237 g/mol. The molecule has 1 saturated carbocycles. The molecule has 0 aliphatic heterocycles. The van der Waals surface area contributed by atoms with E-state index in [1.54, 1.807) is 0 Å². The van der Waals surface area contributed by atoms with Crippen LogP contribution in [0.3, 0.4) is 0 Å². The van der Waals surface area contributed by atoms with Crippen molar-refractivity contribution in [3.8, 4) is 6.07 Å². The van der Waals surface area contributed by atoms with Crippen LogP contribution in [0.4, 0.5) is 0 Å². The van der Waals surface area contributed by atoms with E-state index in [4.69, 9.17) is 5.26 Å². The number of rotatable bonds is 4. The van der Waals surface area contributed by atoms with Crippen molar-refractivity contribution in [3.63, 3.8) is 0 Å². The maximum atomic E-state index is 8.83. The Hall–Kier alpha value is -1.92. The van der Waals surface area contributed by atoms with Crippen molar-refractivity contribution in [1.29, 1.82) is 5.26 Å². The fraction of sp³-hybridized carbons (Fsp3) is 0.333. The summed E-state index contributed by atoms with van der Waals surface area (Å²) in [6.45, 7) is 0.845. The Bertz CT molecular complexity index is 609. The molecule has 2 aromatic rings. The summed E-state index contributed by atoms with van der Waals surface area (Å²) in [5, 5.41) is 13.5. The molecule has 1 aromatic heterocycles. The summed E-state index contributed by atoms with van der Waals surface area (Å²) in [6.07, 6.45) is 4.85. The first-order valence-electron chi connectivity index (χ1n) is 6.33. The highest BCUT2D eigenvalue weighted by Gasteiger charge is 2.20. The number of hydrogen-bond donors (Lipinski definition) is 1. The highest BCUT2D eigenvalue weighted by Crippen LogP contribution is 2.23.